The smallest absolute Gasteiger partial charge is 0.354 e. The fraction of sp³-hybridized carbons (Fsp3) is 0.357. The first-order valence-corrected chi connectivity index (χ1v) is 6.14. The molecule has 0 atom stereocenters. The molecule has 1 rings (SSSR count). The van der Waals surface area contributed by atoms with Crippen LogP contribution in [0.15, 0.2) is 31.0 Å². The Morgan fingerprint density at radius 1 is 1.45 bits per heavy atom. The van der Waals surface area contributed by atoms with Gasteiger partial charge in [0, 0.05) is 12.1 Å². The van der Waals surface area contributed by atoms with Gasteiger partial charge < -0.3 is 15.3 Å². The van der Waals surface area contributed by atoms with E-state index in [1.807, 2.05) is 20.8 Å². The summed E-state index contributed by atoms with van der Waals surface area (Å²) < 4.78 is 0. The van der Waals surface area contributed by atoms with Crippen LogP contribution in [0.1, 0.15) is 31.3 Å². The maximum absolute atomic E-state index is 12.2. The van der Waals surface area contributed by atoms with Gasteiger partial charge in [-0.25, -0.2) is 14.6 Å². The Labute approximate surface area is 118 Å². The summed E-state index contributed by atoms with van der Waals surface area (Å²) in [5.41, 5.74) is 0.0206. The lowest BCUT2D eigenvalue weighted by molar-refractivity contribution is 0.0690. The van der Waals surface area contributed by atoms with Crippen molar-refractivity contribution < 1.29 is 14.7 Å². The fourth-order valence-corrected chi connectivity index (χ4v) is 1.58. The average Bonchev–Trinajstić information content (AvgIpc) is 2.35. The molecule has 108 valence electrons. The van der Waals surface area contributed by atoms with Gasteiger partial charge in [0.1, 0.15) is 5.69 Å². The molecule has 2 N–H and O–H groups in total. The minimum atomic E-state index is -1.11. The number of urea groups is 1. The summed E-state index contributed by atoms with van der Waals surface area (Å²) in [6.45, 7) is 9.80. The number of amides is 2. The van der Waals surface area contributed by atoms with Crippen molar-refractivity contribution in [3.63, 3.8) is 0 Å². The Balaban J connectivity index is 2.82. The minimum Gasteiger partial charge on any atom is -0.477 e. The third-order valence-corrected chi connectivity index (χ3v) is 2.60. The first-order chi connectivity index (χ1) is 9.25. The summed E-state index contributed by atoms with van der Waals surface area (Å²) in [7, 11) is 0. The van der Waals surface area contributed by atoms with E-state index in [0.717, 1.165) is 0 Å². The number of nitrogens with zero attached hydrogens (tertiary/aromatic N) is 2. The number of hydrogen-bond donors (Lipinski definition) is 2. The summed E-state index contributed by atoms with van der Waals surface area (Å²) in [5.74, 6) is -1.11. The van der Waals surface area contributed by atoms with E-state index in [4.69, 9.17) is 5.11 Å². The molecule has 0 unspecified atom stereocenters. The van der Waals surface area contributed by atoms with Gasteiger partial charge in [-0.05, 0) is 32.9 Å². The van der Waals surface area contributed by atoms with Gasteiger partial charge >= 0.3 is 12.0 Å². The second-order valence-corrected chi connectivity index (χ2v) is 5.24. The molecular formula is C14H19N3O3. The summed E-state index contributed by atoms with van der Waals surface area (Å²) in [6.07, 6.45) is 2.96. The lowest BCUT2D eigenvalue weighted by Crippen LogP contribution is -2.47. The average molecular weight is 277 g/mol. The zero-order chi connectivity index (χ0) is 15.3. The van der Waals surface area contributed by atoms with Gasteiger partial charge in [-0.2, -0.15) is 0 Å². The summed E-state index contributed by atoms with van der Waals surface area (Å²) in [4.78, 5) is 28.2. The van der Waals surface area contributed by atoms with Crippen LogP contribution in [0.5, 0.6) is 0 Å². The molecule has 0 saturated heterocycles. The van der Waals surface area contributed by atoms with E-state index >= 15 is 0 Å². The van der Waals surface area contributed by atoms with Crippen LogP contribution in [0.4, 0.5) is 10.5 Å². The topological polar surface area (TPSA) is 82.5 Å². The molecule has 1 heterocycles. The van der Waals surface area contributed by atoms with Crippen LogP contribution >= 0.6 is 0 Å². The van der Waals surface area contributed by atoms with Crippen LogP contribution in [-0.2, 0) is 0 Å². The van der Waals surface area contributed by atoms with Crippen molar-refractivity contribution in [2.45, 2.75) is 26.3 Å². The molecule has 6 nitrogen and oxygen atoms in total. The van der Waals surface area contributed by atoms with Gasteiger partial charge in [-0.3, -0.25) is 0 Å². The number of aromatic carboxylic acids is 1. The molecule has 0 radical (unpaired) electrons. The lowest BCUT2D eigenvalue weighted by atomic mass is 10.1. The number of aromatic nitrogens is 1. The molecular weight excluding hydrogens is 258 g/mol. The highest BCUT2D eigenvalue weighted by Crippen LogP contribution is 2.16. The monoisotopic (exact) mass is 277 g/mol. The molecule has 0 fully saturated rings. The second-order valence-electron chi connectivity index (χ2n) is 5.24. The number of anilines is 1. The highest BCUT2D eigenvalue weighted by Gasteiger charge is 2.25. The Bertz CT molecular complexity index is 503. The molecule has 2 amide bonds. The Kier molecular flexibility index (Phi) is 4.85. The van der Waals surface area contributed by atoms with Crippen molar-refractivity contribution in [3.8, 4) is 0 Å². The molecule has 1 aromatic rings. The molecule has 0 aromatic carbocycles. The number of hydrogen-bond acceptors (Lipinski definition) is 3. The normalized spacial score (nSPS) is 10.8. The van der Waals surface area contributed by atoms with Crippen LogP contribution in [0.25, 0.3) is 0 Å². The maximum Gasteiger partial charge on any atom is 0.354 e. The summed E-state index contributed by atoms with van der Waals surface area (Å²) in [5, 5.41) is 11.4. The lowest BCUT2D eigenvalue weighted by Gasteiger charge is -2.34. The zero-order valence-corrected chi connectivity index (χ0v) is 11.9. The van der Waals surface area contributed by atoms with Crippen LogP contribution < -0.4 is 5.32 Å². The first-order valence-electron chi connectivity index (χ1n) is 6.14. The SMILES string of the molecule is C=CCN(C(=O)Nc1ccc(C(=O)O)nc1)C(C)(C)C. The molecule has 6 heteroatoms. The Hall–Kier alpha value is -2.37. The second kappa shape index (κ2) is 6.18. The molecule has 20 heavy (non-hydrogen) atoms. The van der Waals surface area contributed by atoms with E-state index in [1.165, 1.54) is 18.3 Å². The molecule has 0 aliphatic heterocycles. The van der Waals surface area contributed by atoms with Crippen molar-refractivity contribution in [2.24, 2.45) is 0 Å². The predicted molar refractivity (Wildman–Crippen MR) is 76.9 cm³/mol. The van der Waals surface area contributed by atoms with Crippen molar-refractivity contribution in [3.05, 3.63) is 36.7 Å². The maximum atomic E-state index is 12.2. The molecule has 0 aliphatic carbocycles. The molecule has 0 spiro atoms. The van der Waals surface area contributed by atoms with Crippen molar-refractivity contribution in [2.75, 3.05) is 11.9 Å². The van der Waals surface area contributed by atoms with E-state index < -0.39 is 5.97 Å². The highest BCUT2D eigenvalue weighted by atomic mass is 16.4. The van der Waals surface area contributed by atoms with Gasteiger partial charge in [0.25, 0.3) is 0 Å². The third kappa shape index (κ3) is 4.08. The van der Waals surface area contributed by atoms with E-state index in [1.54, 1.807) is 11.0 Å². The van der Waals surface area contributed by atoms with Crippen LogP contribution in [0.3, 0.4) is 0 Å². The summed E-state index contributed by atoms with van der Waals surface area (Å²) in [6, 6.07) is 2.55. The standard InChI is InChI=1S/C14H19N3O3/c1-5-8-17(14(2,3)4)13(20)16-10-6-7-11(12(18)19)15-9-10/h5-7,9H,1,8H2,2-4H3,(H,16,20)(H,18,19). The van der Waals surface area contributed by atoms with E-state index in [9.17, 15) is 9.59 Å². The van der Waals surface area contributed by atoms with Crippen LogP contribution in [-0.4, -0.2) is 39.1 Å². The highest BCUT2D eigenvalue weighted by molar-refractivity contribution is 5.90. The molecule has 0 aliphatic rings. The first kappa shape index (κ1) is 15.7. The zero-order valence-electron chi connectivity index (χ0n) is 11.9. The van der Waals surface area contributed by atoms with Gasteiger partial charge in [0.15, 0.2) is 0 Å². The number of carbonyl (C=O) groups is 2. The van der Waals surface area contributed by atoms with Crippen molar-refractivity contribution >= 4 is 17.7 Å². The number of pyridine rings is 1. The van der Waals surface area contributed by atoms with Crippen LogP contribution in [0.2, 0.25) is 0 Å². The van der Waals surface area contributed by atoms with Gasteiger partial charge in [-0.1, -0.05) is 6.08 Å². The summed E-state index contributed by atoms with van der Waals surface area (Å²) >= 11 is 0. The van der Waals surface area contributed by atoms with Gasteiger partial charge in [0.05, 0.1) is 11.9 Å². The van der Waals surface area contributed by atoms with Gasteiger partial charge in [-0.15, -0.1) is 6.58 Å². The number of carboxylic acids is 1. The van der Waals surface area contributed by atoms with E-state index in [-0.39, 0.29) is 17.3 Å². The number of nitrogens with one attached hydrogen (secondary N) is 1. The van der Waals surface area contributed by atoms with E-state index in [0.29, 0.717) is 12.2 Å². The largest absolute Gasteiger partial charge is 0.477 e. The number of carbonyl (C=O) groups excluding carboxylic acids is 1. The third-order valence-electron chi connectivity index (χ3n) is 2.60. The van der Waals surface area contributed by atoms with E-state index in [2.05, 4.69) is 16.9 Å². The quantitative estimate of drug-likeness (QED) is 0.829. The minimum absolute atomic E-state index is 0.0678. The number of rotatable bonds is 4. The molecule has 1 aromatic heterocycles. The Morgan fingerprint density at radius 3 is 2.50 bits per heavy atom. The molecule has 0 bridgehead atoms. The fourth-order valence-electron chi connectivity index (χ4n) is 1.58. The number of carboxylic acid groups (broad SMARTS) is 1. The van der Waals surface area contributed by atoms with Crippen LogP contribution in [0, 0.1) is 0 Å². The Morgan fingerprint density at radius 2 is 2.10 bits per heavy atom. The van der Waals surface area contributed by atoms with Crippen molar-refractivity contribution in [1.29, 1.82) is 0 Å². The predicted octanol–water partition coefficient (Wildman–Crippen LogP) is 2.60. The van der Waals surface area contributed by atoms with Crippen molar-refractivity contribution in [1.82, 2.24) is 9.88 Å². The van der Waals surface area contributed by atoms with Gasteiger partial charge in [0.2, 0.25) is 0 Å². The molecule has 0 saturated carbocycles.